The first-order valence-corrected chi connectivity index (χ1v) is 11.4. The molecule has 0 saturated carbocycles. The Balaban J connectivity index is 1.83. The first kappa shape index (κ1) is 21.2. The quantitative estimate of drug-likeness (QED) is 0.685. The molecule has 2 saturated heterocycles. The second kappa shape index (κ2) is 9.69. The van der Waals surface area contributed by atoms with Crippen molar-refractivity contribution in [1.29, 1.82) is 0 Å². The minimum atomic E-state index is -3.19. The fourth-order valence-electron chi connectivity index (χ4n) is 3.92. The number of amides is 1. The third kappa shape index (κ3) is 5.94. The van der Waals surface area contributed by atoms with E-state index in [1.54, 1.807) is 0 Å². The average molecular weight is 389 g/mol. The lowest BCUT2D eigenvalue weighted by Gasteiger charge is -2.37. The highest BCUT2D eigenvalue weighted by atomic mass is 32.2. The Kier molecular flexibility index (Phi) is 7.88. The molecule has 2 aliphatic rings. The van der Waals surface area contributed by atoms with E-state index in [0.717, 1.165) is 25.8 Å². The number of aliphatic carboxylic acids is 1. The number of rotatable bonds is 8. The zero-order chi connectivity index (χ0) is 19.2. The number of unbranched alkanes of at least 4 members (excludes halogenated alkanes) is 1. The van der Waals surface area contributed by atoms with E-state index in [2.05, 4.69) is 0 Å². The molecule has 150 valence electrons. The molecule has 2 rings (SSSR count). The van der Waals surface area contributed by atoms with Gasteiger partial charge in [0.05, 0.1) is 5.75 Å². The molecule has 2 fully saturated rings. The van der Waals surface area contributed by atoms with E-state index in [1.807, 2.05) is 11.8 Å². The van der Waals surface area contributed by atoms with Gasteiger partial charge in [-0.25, -0.2) is 12.7 Å². The summed E-state index contributed by atoms with van der Waals surface area (Å²) in [5.41, 5.74) is 0. The van der Waals surface area contributed by atoms with Gasteiger partial charge in [-0.3, -0.25) is 9.59 Å². The number of carbonyl (C=O) groups is 2. The molecule has 0 radical (unpaired) electrons. The first-order valence-electron chi connectivity index (χ1n) is 9.82. The van der Waals surface area contributed by atoms with Gasteiger partial charge in [-0.2, -0.15) is 0 Å². The van der Waals surface area contributed by atoms with Gasteiger partial charge in [0.1, 0.15) is 0 Å². The summed E-state index contributed by atoms with van der Waals surface area (Å²) >= 11 is 0. The maximum atomic E-state index is 12.8. The van der Waals surface area contributed by atoms with E-state index in [4.69, 9.17) is 5.11 Å². The molecule has 1 N–H and O–H groups in total. The van der Waals surface area contributed by atoms with Crippen LogP contribution in [0.15, 0.2) is 0 Å². The van der Waals surface area contributed by atoms with Gasteiger partial charge in [0.25, 0.3) is 0 Å². The van der Waals surface area contributed by atoms with E-state index >= 15 is 0 Å². The van der Waals surface area contributed by atoms with Crippen molar-refractivity contribution < 1.29 is 23.1 Å². The summed E-state index contributed by atoms with van der Waals surface area (Å²) in [4.78, 5) is 25.4. The summed E-state index contributed by atoms with van der Waals surface area (Å²) in [7, 11) is -3.19. The highest BCUT2D eigenvalue weighted by Crippen LogP contribution is 2.26. The van der Waals surface area contributed by atoms with Crippen molar-refractivity contribution >= 4 is 21.9 Å². The Labute approximate surface area is 156 Å². The largest absolute Gasteiger partial charge is 0.481 e. The molecule has 0 spiro atoms. The molecule has 26 heavy (non-hydrogen) atoms. The average Bonchev–Trinajstić information content (AvgIpc) is 2.64. The number of carboxylic acid groups (broad SMARTS) is 1. The fourth-order valence-corrected chi connectivity index (χ4v) is 5.60. The van der Waals surface area contributed by atoms with Crippen LogP contribution in [0.3, 0.4) is 0 Å². The second-order valence-electron chi connectivity index (χ2n) is 7.57. The van der Waals surface area contributed by atoms with Gasteiger partial charge in [-0.05, 0) is 44.4 Å². The molecule has 0 bridgehead atoms. The van der Waals surface area contributed by atoms with Crippen LogP contribution < -0.4 is 0 Å². The Bertz CT molecular complexity index is 584. The zero-order valence-corrected chi connectivity index (χ0v) is 16.5. The number of carbonyl (C=O) groups excluding carboxylic acids is 1. The zero-order valence-electron chi connectivity index (χ0n) is 15.7. The van der Waals surface area contributed by atoms with Crippen molar-refractivity contribution in [1.82, 2.24) is 9.21 Å². The SMILES string of the molecule is CCCCS(=O)(=O)N1CCC(C(=O)N2CCCC(CCC(=O)O)C2)CC1. The van der Waals surface area contributed by atoms with Gasteiger partial charge in [0, 0.05) is 38.5 Å². The van der Waals surface area contributed by atoms with Crippen molar-refractivity contribution in [3.63, 3.8) is 0 Å². The molecule has 8 heteroatoms. The molecular weight excluding hydrogens is 356 g/mol. The number of piperidine rings is 2. The van der Waals surface area contributed by atoms with Crippen LogP contribution >= 0.6 is 0 Å². The van der Waals surface area contributed by atoms with Gasteiger partial charge < -0.3 is 10.0 Å². The maximum Gasteiger partial charge on any atom is 0.303 e. The summed E-state index contributed by atoms with van der Waals surface area (Å²) in [5.74, 6) is -0.315. The van der Waals surface area contributed by atoms with E-state index in [-0.39, 0.29) is 29.9 Å². The number of nitrogens with zero attached hydrogens (tertiary/aromatic N) is 2. The lowest BCUT2D eigenvalue weighted by Crippen LogP contribution is -2.47. The van der Waals surface area contributed by atoms with Crippen molar-refractivity contribution in [2.75, 3.05) is 31.9 Å². The van der Waals surface area contributed by atoms with Crippen molar-refractivity contribution in [3.8, 4) is 0 Å². The third-order valence-electron chi connectivity index (χ3n) is 5.55. The fraction of sp³-hybridized carbons (Fsp3) is 0.889. The number of sulfonamides is 1. The molecule has 7 nitrogen and oxygen atoms in total. The second-order valence-corrected chi connectivity index (χ2v) is 9.66. The van der Waals surface area contributed by atoms with Crippen LogP contribution in [0.2, 0.25) is 0 Å². The molecule has 2 heterocycles. The highest BCUT2D eigenvalue weighted by molar-refractivity contribution is 7.89. The summed E-state index contributed by atoms with van der Waals surface area (Å²) in [6, 6.07) is 0. The van der Waals surface area contributed by atoms with Gasteiger partial charge in [0.2, 0.25) is 15.9 Å². The van der Waals surface area contributed by atoms with Crippen molar-refractivity contribution in [3.05, 3.63) is 0 Å². The number of hydrogen-bond donors (Lipinski definition) is 1. The van der Waals surface area contributed by atoms with E-state index in [9.17, 15) is 18.0 Å². The monoisotopic (exact) mass is 388 g/mol. The summed E-state index contributed by atoms with van der Waals surface area (Å²) in [6.45, 7) is 4.21. The molecule has 0 aromatic heterocycles. The molecule has 2 aliphatic heterocycles. The first-order chi connectivity index (χ1) is 12.3. The Morgan fingerprint density at radius 1 is 1.12 bits per heavy atom. The van der Waals surface area contributed by atoms with Crippen LogP contribution in [0.1, 0.15) is 58.3 Å². The van der Waals surface area contributed by atoms with Gasteiger partial charge in [-0.1, -0.05) is 13.3 Å². The van der Waals surface area contributed by atoms with Crippen LogP contribution in [-0.2, 0) is 19.6 Å². The molecule has 1 unspecified atom stereocenters. The van der Waals surface area contributed by atoms with Crippen LogP contribution in [0, 0.1) is 11.8 Å². The van der Waals surface area contributed by atoms with E-state index < -0.39 is 16.0 Å². The lowest BCUT2D eigenvalue weighted by molar-refractivity contribution is -0.139. The number of carboxylic acids is 1. The molecule has 1 atom stereocenters. The molecular formula is C18H32N2O5S. The van der Waals surface area contributed by atoms with Crippen LogP contribution in [0.5, 0.6) is 0 Å². The maximum absolute atomic E-state index is 12.8. The normalized spacial score (nSPS) is 23.1. The summed E-state index contributed by atoms with van der Waals surface area (Å²) < 4.78 is 26.1. The minimum absolute atomic E-state index is 0.106. The molecule has 1 amide bonds. The Morgan fingerprint density at radius 2 is 1.81 bits per heavy atom. The predicted molar refractivity (Wildman–Crippen MR) is 99.2 cm³/mol. The molecule has 0 aromatic carbocycles. The predicted octanol–water partition coefficient (Wildman–Crippen LogP) is 1.93. The van der Waals surface area contributed by atoms with Crippen LogP contribution in [0.25, 0.3) is 0 Å². The standard InChI is InChI=1S/C18H32N2O5S/c1-2-3-13-26(24,25)20-11-8-16(9-12-20)18(23)19-10-4-5-15(14-19)6-7-17(21)22/h15-16H,2-14H2,1H3,(H,21,22). The van der Waals surface area contributed by atoms with Crippen molar-refractivity contribution in [2.24, 2.45) is 11.8 Å². The highest BCUT2D eigenvalue weighted by Gasteiger charge is 2.34. The minimum Gasteiger partial charge on any atom is -0.481 e. The Morgan fingerprint density at radius 3 is 2.42 bits per heavy atom. The molecule has 0 aromatic rings. The van der Waals surface area contributed by atoms with Crippen LogP contribution in [0.4, 0.5) is 0 Å². The smallest absolute Gasteiger partial charge is 0.303 e. The van der Waals surface area contributed by atoms with Gasteiger partial charge in [-0.15, -0.1) is 0 Å². The van der Waals surface area contributed by atoms with Crippen molar-refractivity contribution in [2.45, 2.75) is 58.3 Å². The Hall–Kier alpha value is -1.15. The third-order valence-corrected chi connectivity index (χ3v) is 7.51. The summed E-state index contributed by atoms with van der Waals surface area (Å²) in [6.07, 6.45) is 5.36. The van der Waals surface area contributed by atoms with E-state index in [1.165, 1.54) is 4.31 Å². The topological polar surface area (TPSA) is 95.0 Å². The lowest BCUT2D eigenvalue weighted by atomic mass is 9.90. The summed E-state index contributed by atoms with van der Waals surface area (Å²) in [5, 5.41) is 8.83. The van der Waals surface area contributed by atoms with Crippen LogP contribution in [-0.4, -0.2) is 66.5 Å². The van der Waals surface area contributed by atoms with Gasteiger partial charge >= 0.3 is 5.97 Å². The van der Waals surface area contributed by atoms with E-state index in [0.29, 0.717) is 45.3 Å². The van der Waals surface area contributed by atoms with Gasteiger partial charge in [0.15, 0.2) is 0 Å². The molecule has 0 aliphatic carbocycles. The number of hydrogen-bond acceptors (Lipinski definition) is 4. The number of likely N-dealkylation sites (tertiary alicyclic amines) is 1.